The Bertz CT molecular complexity index is 254. The second kappa shape index (κ2) is 3.99. The number of hydrogen-bond acceptors (Lipinski definition) is 2. The van der Waals surface area contributed by atoms with Crippen LogP contribution in [-0.2, 0) is 9.84 Å². The van der Waals surface area contributed by atoms with Crippen molar-refractivity contribution in [2.45, 2.75) is 57.0 Å². The molecule has 2 atom stereocenters. The number of sulfone groups is 1. The Balaban J connectivity index is 2.80. The molecule has 0 aromatic heterocycles. The topological polar surface area (TPSA) is 34.1 Å². The summed E-state index contributed by atoms with van der Waals surface area (Å²) in [6.07, 6.45) is 4.24. The summed E-state index contributed by atoms with van der Waals surface area (Å²) in [5, 5.41) is -0.278. The van der Waals surface area contributed by atoms with Gasteiger partial charge in [-0.25, -0.2) is 8.42 Å². The third-order valence-corrected chi connectivity index (χ3v) is 5.97. The lowest BCUT2D eigenvalue weighted by Crippen LogP contribution is -2.35. The predicted molar refractivity (Wildman–Crippen MR) is 55.5 cm³/mol. The van der Waals surface area contributed by atoms with Crippen molar-refractivity contribution in [2.75, 3.05) is 0 Å². The summed E-state index contributed by atoms with van der Waals surface area (Å²) in [6.45, 7) is 5.65. The van der Waals surface area contributed by atoms with Crippen molar-refractivity contribution in [1.29, 1.82) is 0 Å². The third kappa shape index (κ3) is 2.25. The van der Waals surface area contributed by atoms with Gasteiger partial charge in [0, 0.05) is 0 Å². The van der Waals surface area contributed by atoms with Crippen LogP contribution in [0.1, 0.15) is 46.5 Å². The molecule has 0 radical (unpaired) electrons. The molecule has 1 fully saturated rings. The van der Waals surface area contributed by atoms with Crippen molar-refractivity contribution in [1.82, 2.24) is 0 Å². The molecule has 13 heavy (non-hydrogen) atoms. The zero-order valence-electron chi connectivity index (χ0n) is 8.79. The Morgan fingerprint density at radius 2 is 1.69 bits per heavy atom. The Morgan fingerprint density at radius 1 is 1.15 bits per heavy atom. The second-order valence-corrected chi connectivity index (χ2v) is 7.16. The monoisotopic (exact) mass is 204 g/mol. The molecule has 1 aliphatic carbocycles. The van der Waals surface area contributed by atoms with Gasteiger partial charge in [0.15, 0.2) is 9.84 Å². The van der Waals surface area contributed by atoms with Crippen LogP contribution in [0.5, 0.6) is 0 Å². The molecular weight excluding hydrogens is 184 g/mol. The highest BCUT2D eigenvalue weighted by molar-refractivity contribution is 7.92. The van der Waals surface area contributed by atoms with Gasteiger partial charge in [-0.1, -0.05) is 19.8 Å². The highest BCUT2D eigenvalue weighted by atomic mass is 32.2. The van der Waals surface area contributed by atoms with E-state index in [1.807, 2.05) is 0 Å². The van der Waals surface area contributed by atoms with E-state index in [-0.39, 0.29) is 10.5 Å². The van der Waals surface area contributed by atoms with Gasteiger partial charge in [-0.05, 0) is 32.6 Å². The molecule has 2 unspecified atom stereocenters. The van der Waals surface area contributed by atoms with E-state index in [9.17, 15) is 8.42 Å². The summed E-state index contributed by atoms with van der Waals surface area (Å²) in [5.41, 5.74) is 0. The van der Waals surface area contributed by atoms with Crippen molar-refractivity contribution >= 4 is 9.84 Å². The lowest BCUT2D eigenvalue weighted by molar-refractivity contribution is 0.379. The van der Waals surface area contributed by atoms with Crippen molar-refractivity contribution in [3.05, 3.63) is 0 Å². The minimum Gasteiger partial charge on any atom is -0.228 e. The number of rotatable bonds is 2. The van der Waals surface area contributed by atoms with E-state index in [2.05, 4.69) is 6.92 Å². The smallest absolute Gasteiger partial charge is 0.155 e. The predicted octanol–water partition coefficient (Wildman–Crippen LogP) is 2.39. The van der Waals surface area contributed by atoms with Crippen molar-refractivity contribution < 1.29 is 8.42 Å². The highest BCUT2D eigenvalue weighted by Crippen LogP contribution is 2.30. The maximum atomic E-state index is 11.9. The first-order valence-corrected chi connectivity index (χ1v) is 6.80. The van der Waals surface area contributed by atoms with Crippen LogP contribution in [0.25, 0.3) is 0 Å². The largest absolute Gasteiger partial charge is 0.228 e. The molecule has 0 aromatic carbocycles. The first-order valence-electron chi connectivity index (χ1n) is 5.19. The summed E-state index contributed by atoms with van der Waals surface area (Å²) < 4.78 is 23.8. The van der Waals surface area contributed by atoms with Crippen LogP contribution in [0, 0.1) is 5.92 Å². The normalized spacial score (nSPS) is 30.8. The first-order chi connectivity index (χ1) is 5.96. The Morgan fingerprint density at radius 3 is 2.15 bits per heavy atom. The maximum absolute atomic E-state index is 11.9. The van der Waals surface area contributed by atoms with Gasteiger partial charge in [-0.3, -0.25) is 0 Å². The second-order valence-electron chi connectivity index (χ2n) is 4.44. The molecule has 0 saturated heterocycles. The lowest BCUT2D eigenvalue weighted by atomic mass is 9.90. The zero-order valence-corrected chi connectivity index (χ0v) is 9.60. The van der Waals surface area contributed by atoms with E-state index >= 15 is 0 Å². The molecule has 1 rings (SSSR count). The maximum Gasteiger partial charge on any atom is 0.155 e. The van der Waals surface area contributed by atoms with Gasteiger partial charge in [0.25, 0.3) is 0 Å². The van der Waals surface area contributed by atoms with Crippen molar-refractivity contribution in [2.24, 2.45) is 5.92 Å². The summed E-state index contributed by atoms with van der Waals surface area (Å²) in [6, 6.07) is 0. The van der Waals surface area contributed by atoms with Gasteiger partial charge in [-0.2, -0.15) is 0 Å². The SMILES string of the molecule is CC1CCCCC1S(=O)(=O)C(C)C. The fraction of sp³-hybridized carbons (Fsp3) is 1.00. The minimum atomic E-state index is -2.85. The van der Waals surface area contributed by atoms with E-state index in [1.165, 1.54) is 6.42 Å². The summed E-state index contributed by atoms with van der Waals surface area (Å²) in [4.78, 5) is 0. The van der Waals surface area contributed by atoms with Gasteiger partial charge in [0.1, 0.15) is 0 Å². The minimum absolute atomic E-state index is 0.0683. The molecular formula is C10H20O2S. The van der Waals surface area contributed by atoms with Crippen LogP contribution in [0.2, 0.25) is 0 Å². The summed E-state index contributed by atoms with van der Waals surface area (Å²) in [7, 11) is -2.85. The van der Waals surface area contributed by atoms with Crippen molar-refractivity contribution in [3.8, 4) is 0 Å². The average molecular weight is 204 g/mol. The van der Waals surface area contributed by atoms with E-state index in [4.69, 9.17) is 0 Å². The molecule has 2 nitrogen and oxygen atoms in total. The van der Waals surface area contributed by atoms with Crippen molar-refractivity contribution in [3.63, 3.8) is 0 Å². The zero-order chi connectivity index (χ0) is 10.1. The highest BCUT2D eigenvalue weighted by Gasteiger charge is 2.34. The molecule has 0 amide bonds. The van der Waals surface area contributed by atoms with E-state index in [1.54, 1.807) is 13.8 Å². The standard InChI is InChI=1S/C10H20O2S/c1-8(2)13(11,12)10-7-5-4-6-9(10)3/h8-10H,4-7H2,1-3H3. The van der Waals surface area contributed by atoms with Crippen LogP contribution < -0.4 is 0 Å². The van der Waals surface area contributed by atoms with Crippen LogP contribution in [0.4, 0.5) is 0 Å². The Labute approximate surface area is 81.6 Å². The molecule has 0 spiro atoms. The summed E-state index contributed by atoms with van der Waals surface area (Å²) >= 11 is 0. The fourth-order valence-corrected chi connectivity index (χ4v) is 4.10. The molecule has 0 N–H and O–H groups in total. The van der Waals surface area contributed by atoms with Crippen LogP contribution in [0.3, 0.4) is 0 Å². The van der Waals surface area contributed by atoms with Gasteiger partial charge in [-0.15, -0.1) is 0 Å². The van der Waals surface area contributed by atoms with Gasteiger partial charge in [0.2, 0.25) is 0 Å². The van der Waals surface area contributed by atoms with E-state index < -0.39 is 9.84 Å². The molecule has 1 saturated carbocycles. The van der Waals surface area contributed by atoms with E-state index in [0.29, 0.717) is 5.92 Å². The molecule has 0 bridgehead atoms. The van der Waals surface area contributed by atoms with Crippen LogP contribution >= 0.6 is 0 Å². The Kier molecular flexibility index (Phi) is 3.38. The quantitative estimate of drug-likeness (QED) is 0.692. The first kappa shape index (κ1) is 11.0. The number of hydrogen-bond donors (Lipinski definition) is 0. The average Bonchev–Trinajstić information content (AvgIpc) is 2.04. The Hall–Kier alpha value is -0.0500. The van der Waals surface area contributed by atoms with E-state index in [0.717, 1.165) is 19.3 Å². The van der Waals surface area contributed by atoms with Crippen LogP contribution in [-0.4, -0.2) is 18.9 Å². The summed E-state index contributed by atoms with van der Waals surface area (Å²) in [5.74, 6) is 0.362. The van der Waals surface area contributed by atoms with Gasteiger partial charge < -0.3 is 0 Å². The molecule has 1 aliphatic rings. The molecule has 3 heteroatoms. The molecule has 0 heterocycles. The molecule has 0 aromatic rings. The molecule has 0 aliphatic heterocycles. The van der Waals surface area contributed by atoms with Crippen LogP contribution in [0.15, 0.2) is 0 Å². The third-order valence-electron chi connectivity index (χ3n) is 3.11. The molecule has 78 valence electrons. The van der Waals surface area contributed by atoms with Gasteiger partial charge >= 0.3 is 0 Å². The fourth-order valence-electron chi connectivity index (χ4n) is 2.12. The van der Waals surface area contributed by atoms with Gasteiger partial charge in [0.05, 0.1) is 10.5 Å². The lowest BCUT2D eigenvalue weighted by Gasteiger charge is -2.29.